The van der Waals surface area contributed by atoms with Crippen molar-refractivity contribution >= 4 is 0 Å². The zero-order chi connectivity index (χ0) is 10.1. The Labute approximate surface area is 75.8 Å². The summed E-state index contributed by atoms with van der Waals surface area (Å²) >= 11 is 0. The summed E-state index contributed by atoms with van der Waals surface area (Å²) < 4.78 is 5.05. The molecule has 1 rings (SSSR count). The quantitative estimate of drug-likeness (QED) is 0.369. The molecular formula is C7H15NO5. The molecule has 13 heavy (non-hydrogen) atoms. The van der Waals surface area contributed by atoms with E-state index in [1.807, 2.05) is 0 Å². The van der Waals surface area contributed by atoms with Crippen LogP contribution in [0, 0.1) is 0 Å². The lowest BCUT2D eigenvalue weighted by Crippen LogP contribution is -2.61. The minimum Gasteiger partial charge on any atom is -0.394 e. The van der Waals surface area contributed by atoms with Gasteiger partial charge in [0.25, 0.3) is 0 Å². The molecular weight excluding hydrogens is 178 g/mol. The molecule has 78 valence electrons. The van der Waals surface area contributed by atoms with Crippen LogP contribution in [0.5, 0.6) is 0 Å². The van der Waals surface area contributed by atoms with Crippen LogP contribution in [0.2, 0.25) is 0 Å². The van der Waals surface area contributed by atoms with E-state index in [9.17, 15) is 10.2 Å². The van der Waals surface area contributed by atoms with Gasteiger partial charge in [-0.2, -0.15) is 0 Å². The minimum absolute atomic E-state index is 0.0563. The normalized spacial score (nSPS) is 46.4. The van der Waals surface area contributed by atoms with Gasteiger partial charge in [0.1, 0.15) is 23.9 Å². The highest BCUT2D eigenvalue weighted by Gasteiger charge is 2.46. The van der Waals surface area contributed by atoms with E-state index >= 15 is 0 Å². The Bertz CT molecular complexity index is 174. The molecule has 1 heterocycles. The fraction of sp³-hybridized carbons (Fsp3) is 1.00. The van der Waals surface area contributed by atoms with Crippen molar-refractivity contribution < 1.29 is 24.9 Å². The molecule has 5 N–H and O–H groups in total. The van der Waals surface area contributed by atoms with Crippen molar-refractivity contribution in [2.45, 2.75) is 30.8 Å². The largest absolute Gasteiger partial charge is 0.394 e. The molecule has 0 aromatic rings. The average molecular weight is 193 g/mol. The van der Waals surface area contributed by atoms with Crippen molar-refractivity contribution in [3.8, 4) is 0 Å². The van der Waals surface area contributed by atoms with Gasteiger partial charge in [0.15, 0.2) is 0 Å². The summed E-state index contributed by atoms with van der Waals surface area (Å²) in [5, 5.41) is 27.9. The van der Waals surface area contributed by atoms with Crippen LogP contribution in [-0.2, 0) is 9.57 Å². The summed E-state index contributed by atoms with van der Waals surface area (Å²) in [5.41, 5.74) is -1.39. The van der Waals surface area contributed by atoms with Gasteiger partial charge in [-0.3, -0.25) is 4.84 Å². The van der Waals surface area contributed by atoms with Gasteiger partial charge in [-0.25, -0.2) is 5.90 Å². The topological polar surface area (TPSA) is 105 Å². The second-order valence-electron chi connectivity index (χ2n) is 3.43. The van der Waals surface area contributed by atoms with E-state index in [2.05, 4.69) is 4.84 Å². The molecule has 0 aliphatic carbocycles. The van der Waals surface area contributed by atoms with Crippen LogP contribution in [0.4, 0.5) is 0 Å². The van der Waals surface area contributed by atoms with Crippen molar-refractivity contribution in [3.63, 3.8) is 0 Å². The molecule has 0 radical (unpaired) electrons. The fourth-order valence-corrected chi connectivity index (χ4v) is 1.33. The molecule has 1 fully saturated rings. The number of nitrogens with two attached hydrogens (primary N) is 1. The predicted molar refractivity (Wildman–Crippen MR) is 42.5 cm³/mol. The molecule has 6 heteroatoms. The zero-order valence-electron chi connectivity index (χ0n) is 7.38. The molecule has 1 aliphatic rings. The van der Waals surface area contributed by atoms with Crippen molar-refractivity contribution in [1.29, 1.82) is 0 Å². The summed E-state index contributed by atoms with van der Waals surface area (Å²) in [5.74, 6) is 4.92. The van der Waals surface area contributed by atoms with Crippen LogP contribution in [-0.4, -0.2) is 52.4 Å². The third-order valence-electron chi connectivity index (χ3n) is 2.24. The molecule has 6 nitrogen and oxygen atoms in total. The van der Waals surface area contributed by atoms with E-state index in [4.69, 9.17) is 15.7 Å². The Hall–Kier alpha value is -0.240. The molecule has 0 unspecified atom stereocenters. The van der Waals surface area contributed by atoms with Crippen molar-refractivity contribution in [2.75, 3.05) is 13.2 Å². The number of ether oxygens (including phenoxy) is 1. The maximum Gasteiger partial charge on any atom is 0.136 e. The summed E-state index contributed by atoms with van der Waals surface area (Å²) in [6.45, 7) is 1.05. The van der Waals surface area contributed by atoms with Gasteiger partial charge in [-0.1, -0.05) is 0 Å². The third-order valence-corrected chi connectivity index (χ3v) is 2.24. The summed E-state index contributed by atoms with van der Waals surface area (Å²) in [6, 6.07) is 0. The van der Waals surface area contributed by atoms with E-state index in [1.54, 1.807) is 0 Å². The number of aliphatic hydroxyl groups is 3. The number of hydrogen-bond donors (Lipinski definition) is 4. The second kappa shape index (κ2) is 3.87. The first-order chi connectivity index (χ1) is 6.03. The van der Waals surface area contributed by atoms with Gasteiger partial charge in [-0.15, -0.1) is 0 Å². The smallest absolute Gasteiger partial charge is 0.136 e. The molecule has 0 amide bonds. The molecule has 0 aromatic carbocycles. The van der Waals surface area contributed by atoms with Crippen LogP contribution in [0.1, 0.15) is 6.92 Å². The van der Waals surface area contributed by atoms with Crippen LogP contribution in [0.3, 0.4) is 0 Å². The molecule has 1 saturated heterocycles. The standard InChI is InChI=1S/C7H15NO5/c1-7(11)3-12-4(2-9)5(13-8)6(7)10/h4-6,9-11H,2-3,8H2,1H3/t4-,5-,6+,7-/m1/s1. The fourth-order valence-electron chi connectivity index (χ4n) is 1.33. The van der Waals surface area contributed by atoms with Crippen LogP contribution >= 0.6 is 0 Å². The summed E-state index contributed by atoms with van der Waals surface area (Å²) in [6.07, 6.45) is -2.77. The monoisotopic (exact) mass is 193 g/mol. The van der Waals surface area contributed by atoms with Crippen LogP contribution in [0.15, 0.2) is 0 Å². The summed E-state index contributed by atoms with van der Waals surface area (Å²) in [4.78, 5) is 4.45. The third kappa shape index (κ3) is 1.98. The highest BCUT2D eigenvalue weighted by Crippen LogP contribution is 2.24. The van der Waals surface area contributed by atoms with Crippen LogP contribution in [0.25, 0.3) is 0 Å². The van der Waals surface area contributed by atoms with E-state index in [0.717, 1.165) is 0 Å². The maximum absolute atomic E-state index is 9.57. The van der Waals surface area contributed by atoms with Gasteiger partial charge in [-0.05, 0) is 6.92 Å². The van der Waals surface area contributed by atoms with E-state index < -0.39 is 23.9 Å². The Morgan fingerprint density at radius 3 is 2.77 bits per heavy atom. The van der Waals surface area contributed by atoms with Gasteiger partial charge in [0.05, 0.1) is 13.2 Å². The Morgan fingerprint density at radius 1 is 1.69 bits per heavy atom. The molecule has 4 atom stereocenters. The SMILES string of the molecule is C[C@@]1(O)CO[C@H](CO)[C@@H](ON)[C@@H]1O. The van der Waals surface area contributed by atoms with E-state index in [1.165, 1.54) is 6.92 Å². The highest BCUT2D eigenvalue weighted by molar-refractivity contribution is 4.95. The first kappa shape index (κ1) is 10.8. The molecule has 0 spiro atoms. The van der Waals surface area contributed by atoms with Gasteiger partial charge < -0.3 is 20.1 Å². The molecule has 0 bridgehead atoms. The number of rotatable bonds is 2. The second-order valence-corrected chi connectivity index (χ2v) is 3.43. The van der Waals surface area contributed by atoms with Gasteiger partial charge >= 0.3 is 0 Å². The lowest BCUT2D eigenvalue weighted by atomic mass is 9.90. The Kier molecular flexibility index (Phi) is 3.23. The average Bonchev–Trinajstić information content (AvgIpc) is 2.09. The van der Waals surface area contributed by atoms with Gasteiger partial charge in [0, 0.05) is 0 Å². The van der Waals surface area contributed by atoms with Gasteiger partial charge in [0.2, 0.25) is 0 Å². The summed E-state index contributed by atoms with van der Waals surface area (Å²) in [7, 11) is 0. The van der Waals surface area contributed by atoms with Crippen LogP contribution < -0.4 is 5.90 Å². The maximum atomic E-state index is 9.57. The van der Waals surface area contributed by atoms with E-state index in [0.29, 0.717) is 0 Å². The number of aliphatic hydroxyl groups excluding tert-OH is 2. The van der Waals surface area contributed by atoms with Crippen molar-refractivity contribution in [1.82, 2.24) is 0 Å². The highest BCUT2D eigenvalue weighted by atomic mass is 16.7. The van der Waals surface area contributed by atoms with Crippen molar-refractivity contribution in [3.05, 3.63) is 0 Å². The molecule has 1 aliphatic heterocycles. The lowest BCUT2D eigenvalue weighted by Gasteiger charge is -2.41. The Balaban J connectivity index is 2.71. The lowest BCUT2D eigenvalue weighted by molar-refractivity contribution is -0.247. The number of hydrogen-bond acceptors (Lipinski definition) is 6. The first-order valence-electron chi connectivity index (χ1n) is 4.01. The molecule has 0 saturated carbocycles. The molecule has 0 aromatic heterocycles. The minimum atomic E-state index is -1.39. The first-order valence-corrected chi connectivity index (χ1v) is 4.01. The van der Waals surface area contributed by atoms with Crippen molar-refractivity contribution in [2.24, 2.45) is 5.90 Å². The zero-order valence-corrected chi connectivity index (χ0v) is 7.38. The Morgan fingerprint density at radius 2 is 2.31 bits per heavy atom. The predicted octanol–water partition coefficient (Wildman–Crippen LogP) is -2.25. The van der Waals surface area contributed by atoms with E-state index in [-0.39, 0.29) is 13.2 Å².